The lowest BCUT2D eigenvalue weighted by atomic mass is 10.1. The van der Waals surface area contributed by atoms with Crippen LogP contribution >= 0.6 is 11.6 Å². The molecule has 0 aromatic heterocycles. The maximum Gasteiger partial charge on any atom is 0.228 e. The maximum absolute atomic E-state index is 11.9. The Kier molecular flexibility index (Phi) is 3.59. The highest BCUT2D eigenvalue weighted by Gasteiger charge is 2.37. The lowest BCUT2D eigenvalue weighted by Gasteiger charge is -2.19. The van der Waals surface area contributed by atoms with E-state index >= 15 is 0 Å². The van der Waals surface area contributed by atoms with Crippen LogP contribution in [-0.4, -0.2) is 26.1 Å². The van der Waals surface area contributed by atoms with Gasteiger partial charge in [0.1, 0.15) is 5.25 Å². The van der Waals surface area contributed by atoms with Gasteiger partial charge in [-0.2, -0.15) is 0 Å². The fraction of sp³-hybridized carbons (Fsp3) is 0.417. The number of nitrogens with zero attached hydrogens (tertiary/aromatic N) is 1. The van der Waals surface area contributed by atoms with Crippen molar-refractivity contribution in [2.24, 2.45) is 5.14 Å². The normalized spacial score (nSPS) is 20.1. The van der Waals surface area contributed by atoms with Gasteiger partial charge in [-0.25, -0.2) is 13.6 Å². The number of aryl methyl sites for hydroxylation is 2. The molecule has 104 valence electrons. The van der Waals surface area contributed by atoms with Crippen LogP contribution in [0.5, 0.6) is 0 Å². The van der Waals surface area contributed by atoms with Crippen LogP contribution in [0.2, 0.25) is 5.02 Å². The topological polar surface area (TPSA) is 80.5 Å². The number of primary sulfonamides is 1. The monoisotopic (exact) mass is 302 g/mol. The van der Waals surface area contributed by atoms with E-state index in [9.17, 15) is 13.2 Å². The molecular weight excluding hydrogens is 288 g/mol. The molecule has 1 aromatic rings. The standard InChI is InChI=1S/C12H15ClN2O3S/c1-7-3-10(13)11(4-8(7)2)15-6-9(5-12(15)16)19(14,17)18/h3-4,9H,5-6H2,1-2H3,(H2,14,17,18). The van der Waals surface area contributed by atoms with Gasteiger partial charge in [-0.1, -0.05) is 11.6 Å². The summed E-state index contributed by atoms with van der Waals surface area (Å²) in [5, 5.41) is 4.67. The van der Waals surface area contributed by atoms with E-state index in [4.69, 9.17) is 16.7 Å². The van der Waals surface area contributed by atoms with Crippen molar-refractivity contribution < 1.29 is 13.2 Å². The number of hydrogen-bond acceptors (Lipinski definition) is 3. The molecule has 1 amide bonds. The van der Waals surface area contributed by atoms with Crippen molar-refractivity contribution in [1.82, 2.24) is 0 Å². The lowest BCUT2D eigenvalue weighted by Crippen LogP contribution is -2.32. The van der Waals surface area contributed by atoms with Crippen LogP contribution in [0.1, 0.15) is 17.5 Å². The van der Waals surface area contributed by atoms with Gasteiger partial charge in [-0.15, -0.1) is 0 Å². The molecule has 2 N–H and O–H groups in total. The van der Waals surface area contributed by atoms with E-state index in [1.807, 2.05) is 13.8 Å². The average molecular weight is 303 g/mol. The van der Waals surface area contributed by atoms with E-state index in [1.54, 1.807) is 12.1 Å². The van der Waals surface area contributed by atoms with Gasteiger partial charge < -0.3 is 4.90 Å². The lowest BCUT2D eigenvalue weighted by molar-refractivity contribution is -0.117. The van der Waals surface area contributed by atoms with Crippen LogP contribution in [0.25, 0.3) is 0 Å². The molecule has 1 unspecified atom stereocenters. The molecule has 7 heteroatoms. The molecule has 1 atom stereocenters. The number of carbonyl (C=O) groups is 1. The summed E-state index contributed by atoms with van der Waals surface area (Å²) in [7, 11) is -3.71. The van der Waals surface area contributed by atoms with Crippen molar-refractivity contribution in [3.05, 3.63) is 28.3 Å². The summed E-state index contributed by atoms with van der Waals surface area (Å²) < 4.78 is 22.7. The van der Waals surface area contributed by atoms with Crippen LogP contribution in [0.15, 0.2) is 12.1 Å². The Morgan fingerprint density at radius 2 is 1.89 bits per heavy atom. The Balaban J connectivity index is 2.39. The van der Waals surface area contributed by atoms with Crippen molar-refractivity contribution in [2.45, 2.75) is 25.5 Å². The van der Waals surface area contributed by atoms with E-state index in [-0.39, 0.29) is 18.9 Å². The molecule has 1 aliphatic heterocycles. The molecule has 1 saturated heterocycles. The zero-order valence-electron chi connectivity index (χ0n) is 10.7. The Bertz CT molecular complexity index is 643. The third kappa shape index (κ3) is 2.75. The number of carbonyl (C=O) groups excluding carboxylic acids is 1. The van der Waals surface area contributed by atoms with Gasteiger partial charge in [-0.3, -0.25) is 4.79 Å². The second-order valence-corrected chi connectivity index (χ2v) is 7.06. The zero-order chi connectivity index (χ0) is 14.4. The highest BCUT2D eigenvalue weighted by atomic mass is 35.5. The Labute approximate surface area is 117 Å². The molecule has 1 fully saturated rings. The molecule has 0 radical (unpaired) electrons. The zero-order valence-corrected chi connectivity index (χ0v) is 12.3. The SMILES string of the molecule is Cc1cc(Cl)c(N2CC(S(N)(=O)=O)CC2=O)cc1C. The molecule has 0 bridgehead atoms. The average Bonchev–Trinajstić information content (AvgIpc) is 2.65. The van der Waals surface area contributed by atoms with Gasteiger partial charge in [0, 0.05) is 13.0 Å². The van der Waals surface area contributed by atoms with E-state index in [1.165, 1.54) is 4.90 Å². The molecule has 1 heterocycles. The summed E-state index contributed by atoms with van der Waals surface area (Å²) in [5.74, 6) is -0.274. The largest absolute Gasteiger partial charge is 0.310 e. The predicted molar refractivity (Wildman–Crippen MR) is 74.8 cm³/mol. The maximum atomic E-state index is 11.9. The Hall–Kier alpha value is -1.11. The number of hydrogen-bond donors (Lipinski definition) is 1. The third-order valence-electron chi connectivity index (χ3n) is 3.41. The summed E-state index contributed by atoms with van der Waals surface area (Å²) in [4.78, 5) is 13.3. The van der Waals surface area contributed by atoms with E-state index in [0.29, 0.717) is 10.7 Å². The highest BCUT2D eigenvalue weighted by Crippen LogP contribution is 2.32. The highest BCUT2D eigenvalue weighted by molar-refractivity contribution is 7.89. The van der Waals surface area contributed by atoms with Crippen LogP contribution in [0, 0.1) is 13.8 Å². The molecule has 1 aromatic carbocycles. The van der Waals surface area contributed by atoms with Crippen LogP contribution in [0.3, 0.4) is 0 Å². The van der Waals surface area contributed by atoms with Crippen molar-refractivity contribution >= 4 is 33.2 Å². The second-order valence-electron chi connectivity index (χ2n) is 4.81. The van der Waals surface area contributed by atoms with Gasteiger partial charge >= 0.3 is 0 Å². The molecule has 1 aliphatic rings. The predicted octanol–water partition coefficient (Wildman–Crippen LogP) is 1.35. The quantitative estimate of drug-likeness (QED) is 0.895. The molecule has 0 aliphatic carbocycles. The number of rotatable bonds is 2. The van der Waals surface area contributed by atoms with Gasteiger partial charge in [-0.05, 0) is 37.1 Å². The molecule has 19 heavy (non-hydrogen) atoms. The minimum Gasteiger partial charge on any atom is -0.310 e. The fourth-order valence-corrected chi connectivity index (χ4v) is 3.15. The van der Waals surface area contributed by atoms with Crippen LogP contribution in [0.4, 0.5) is 5.69 Å². The second kappa shape index (κ2) is 4.77. The molecule has 2 rings (SSSR count). The first-order valence-corrected chi connectivity index (χ1v) is 7.77. The van der Waals surface area contributed by atoms with Crippen molar-refractivity contribution in [3.8, 4) is 0 Å². The molecule has 0 saturated carbocycles. The van der Waals surface area contributed by atoms with Crippen molar-refractivity contribution in [1.29, 1.82) is 0 Å². The minimum atomic E-state index is -3.71. The number of anilines is 1. The Morgan fingerprint density at radius 1 is 1.32 bits per heavy atom. The number of nitrogens with two attached hydrogens (primary N) is 1. The first-order chi connectivity index (χ1) is 8.70. The van der Waals surface area contributed by atoms with Gasteiger partial charge in [0.15, 0.2) is 0 Å². The van der Waals surface area contributed by atoms with Crippen molar-refractivity contribution in [2.75, 3.05) is 11.4 Å². The summed E-state index contributed by atoms with van der Waals surface area (Å²) >= 11 is 6.13. The number of halogens is 1. The molecule has 5 nitrogen and oxygen atoms in total. The van der Waals surface area contributed by atoms with E-state index in [0.717, 1.165) is 11.1 Å². The van der Waals surface area contributed by atoms with Gasteiger partial charge in [0.2, 0.25) is 15.9 Å². The van der Waals surface area contributed by atoms with E-state index in [2.05, 4.69) is 0 Å². The fourth-order valence-electron chi connectivity index (χ4n) is 2.10. The summed E-state index contributed by atoms with van der Waals surface area (Å²) in [6.07, 6.45) is -0.0952. The van der Waals surface area contributed by atoms with Crippen molar-refractivity contribution in [3.63, 3.8) is 0 Å². The smallest absolute Gasteiger partial charge is 0.228 e. The Morgan fingerprint density at radius 3 is 2.42 bits per heavy atom. The van der Waals surface area contributed by atoms with E-state index < -0.39 is 15.3 Å². The molecular formula is C12H15ClN2O3S. The summed E-state index contributed by atoms with van der Waals surface area (Å²) in [6, 6.07) is 3.56. The number of sulfonamides is 1. The third-order valence-corrected chi connectivity index (χ3v) is 4.96. The van der Waals surface area contributed by atoms with Crippen LogP contribution in [-0.2, 0) is 14.8 Å². The minimum absolute atomic E-state index is 0.0554. The first-order valence-electron chi connectivity index (χ1n) is 5.79. The van der Waals surface area contributed by atoms with Gasteiger partial charge in [0.05, 0.1) is 10.7 Å². The number of benzene rings is 1. The van der Waals surface area contributed by atoms with Gasteiger partial charge in [0.25, 0.3) is 0 Å². The number of amides is 1. The van der Waals surface area contributed by atoms with Crippen LogP contribution < -0.4 is 10.0 Å². The first kappa shape index (κ1) is 14.3. The summed E-state index contributed by atoms with van der Waals surface area (Å²) in [6.45, 7) is 3.89. The molecule has 0 spiro atoms. The summed E-state index contributed by atoms with van der Waals surface area (Å²) in [5.41, 5.74) is 2.55.